The van der Waals surface area contributed by atoms with Crippen molar-refractivity contribution in [2.45, 2.75) is 0 Å². The molecule has 110 valence electrons. The molecule has 0 aliphatic carbocycles. The van der Waals surface area contributed by atoms with Crippen LogP contribution in [0.2, 0.25) is 5.15 Å². The van der Waals surface area contributed by atoms with Crippen molar-refractivity contribution in [2.75, 3.05) is 33.7 Å². The smallest absolute Gasteiger partial charge is 0.323 e. The molecule has 0 aliphatic heterocycles. The summed E-state index contributed by atoms with van der Waals surface area (Å²) >= 11 is 9.11. The number of aromatic nitrogens is 1. The Morgan fingerprint density at radius 3 is 2.60 bits per heavy atom. The number of carbonyl (C=O) groups excluding carboxylic acids is 1. The molecule has 0 saturated carbocycles. The Hall–Kier alpha value is -1.18. The van der Waals surface area contributed by atoms with Crippen LogP contribution in [-0.4, -0.2) is 65.5 Å². The highest BCUT2D eigenvalue weighted by Crippen LogP contribution is 2.19. The third kappa shape index (κ3) is 5.07. The van der Waals surface area contributed by atoms with Gasteiger partial charge >= 0.3 is 5.97 Å². The number of carbonyl (C=O) groups is 2. The van der Waals surface area contributed by atoms with Crippen molar-refractivity contribution in [3.8, 4) is 0 Å². The third-order valence-electron chi connectivity index (χ3n) is 2.47. The SMILES string of the molecule is CN(C)CCN(CC(=O)O)C(=O)c1cc(Br)cnc1Cl. The normalized spacial score (nSPS) is 10.7. The number of likely N-dealkylation sites (N-methyl/N-ethyl adjacent to an activating group) is 1. The van der Waals surface area contributed by atoms with Crippen LogP contribution in [0.15, 0.2) is 16.7 Å². The Balaban J connectivity index is 2.96. The molecule has 1 N–H and O–H groups in total. The van der Waals surface area contributed by atoms with Gasteiger partial charge in [0, 0.05) is 23.8 Å². The molecule has 0 unspecified atom stereocenters. The van der Waals surface area contributed by atoms with Gasteiger partial charge in [0.2, 0.25) is 0 Å². The molecule has 0 aromatic carbocycles. The van der Waals surface area contributed by atoms with Crippen molar-refractivity contribution >= 4 is 39.4 Å². The first-order valence-corrected chi connectivity index (χ1v) is 6.95. The number of halogens is 2. The number of nitrogens with zero attached hydrogens (tertiary/aromatic N) is 3. The fourth-order valence-corrected chi connectivity index (χ4v) is 1.99. The highest BCUT2D eigenvalue weighted by Gasteiger charge is 2.21. The van der Waals surface area contributed by atoms with E-state index in [1.54, 1.807) is 0 Å². The highest BCUT2D eigenvalue weighted by molar-refractivity contribution is 9.10. The Morgan fingerprint density at radius 2 is 2.05 bits per heavy atom. The largest absolute Gasteiger partial charge is 0.480 e. The second-order valence-electron chi connectivity index (χ2n) is 4.42. The van der Waals surface area contributed by atoms with E-state index in [0.717, 1.165) is 0 Å². The first-order chi connectivity index (χ1) is 9.31. The molecule has 0 fully saturated rings. The molecule has 8 heteroatoms. The summed E-state index contributed by atoms with van der Waals surface area (Å²) in [4.78, 5) is 30.2. The van der Waals surface area contributed by atoms with Crippen molar-refractivity contribution in [3.63, 3.8) is 0 Å². The summed E-state index contributed by atoms with van der Waals surface area (Å²) in [6.07, 6.45) is 1.47. The predicted octanol–water partition coefficient (Wildman–Crippen LogP) is 1.59. The maximum absolute atomic E-state index is 12.4. The van der Waals surface area contributed by atoms with Crippen molar-refractivity contribution in [3.05, 3.63) is 27.5 Å². The van der Waals surface area contributed by atoms with Gasteiger partial charge in [-0.2, -0.15) is 0 Å². The van der Waals surface area contributed by atoms with Crippen LogP contribution in [-0.2, 0) is 4.79 Å². The quantitative estimate of drug-likeness (QED) is 0.776. The van der Waals surface area contributed by atoms with Gasteiger partial charge in [-0.05, 0) is 36.1 Å². The second-order valence-corrected chi connectivity index (χ2v) is 5.69. The third-order valence-corrected chi connectivity index (χ3v) is 3.20. The van der Waals surface area contributed by atoms with E-state index < -0.39 is 11.9 Å². The molecule has 1 rings (SSSR count). The number of carboxylic acid groups (broad SMARTS) is 1. The topological polar surface area (TPSA) is 73.7 Å². The molecule has 0 aliphatic rings. The molecular formula is C12H15BrClN3O3. The standard InChI is InChI=1S/C12H15BrClN3O3/c1-16(2)3-4-17(7-10(18)19)12(20)9-5-8(13)6-15-11(9)14/h5-6H,3-4,7H2,1-2H3,(H,18,19). The summed E-state index contributed by atoms with van der Waals surface area (Å²) < 4.78 is 0.605. The lowest BCUT2D eigenvalue weighted by atomic mass is 10.2. The maximum Gasteiger partial charge on any atom is 0.323 e. The molecule has 0 spiro atoms. The first kappa shape index (κ1) is 16.9. The lowest BCUT2D eigenvalue weighted by molar-refractivity contribution is -0.137. The molecule has 1 amide bonds. The molecular weight excluding hydrogens is 350 g/mol. The van der Waals surface area contributed by atoms with Gasteiger partial charge in [0.05, 0.1) is 5.56 Å². The predicted molar refractivity (Wildman–Crippen MR) is 79.0 cm³/mol. The van der Waals surface area contributed by atoms with Crippen molar-refractivity contribution < 1.29 is 14.7 Å². The van der Waals surface area contributed by atoms with E-state index in [9.17, 15) is 9.59 Å². The molecule has 1 aromatic heterocycles. The van der Waals surface area contributed by atoms with E-state index in [-0.39, 0.29) is 17.3 Å². The average molecular weight is 365 g/mol. The number of pyridine rings is 1. The van der Waals surface area contributed by atoms with Gasteiger partial charge in [-0.15, -0.1) is 0 Å². The number of rotatable bonds is 6. The summed E-state index contributed by atoms with van der Waals surface area (Å²) in [5, 5.41) is 8.96. The average Bonchev–Trinajstić information content (AvgIpc) is 2.36. The van der Waals surface area contributed by atoms with Crippen LogP contribution in [0, 0.1) is 0 Å². The zero-order valence-corrected chi connectivity index (χ0v) is 13.5. The van der Waals surface area contributed by atoms with Crippen LogP contribution >= 0.6 is 27.5 Å². The number of hydrogen-bond donors (Lipinski definition) is 1. The van der Waals surface area contributed by atoms with Gasteiger partial charge in [0.25, 0.3) is 5.91 Å². The number of aliphatic carboxylic acids is 1. The number of amides is 1. The van der Waals surface area contributed by atoms with Gasteiger partial charge in [-0.3, -0.25) is 9.59 Å². The zero-order valence-electron chi connectivity index (χ0n) is 11.1. The van der Waals surface area contributed by atoms with Gasteiger partial charge in [-0.25, -0.2) is 4.98 Å². The highest BCUT2D eigenvalue weighted by atomic mass is 79.9. The molecule has 0 bridgehead atoms. The number of carboxylic acids is 1. The van der Waals surface area contributed by atoms with E-state index in [1.165, 1.54) is 17.2 Å². The minimum atomic E-state index is -1.07. The molecule has 1 heterocycles. The zero-order chi connectivity index (χ0) is 15.3. The van der Waals surface area contributed by atoms with Crippen molar-refractivity contribution in [2.24, 2.45) is 0 Å². The maximum atomic E-state index is 12.4. The molecule has 20 heavy (non-hydrogen) atoms. The summed E-state index contributed by atoms with van der Waals surface area (Å²) in [5.41, 5.74) is 0.182. The van der Waals surface area contributed by atoms with E-state index >= 15 is 0 Å². The molecule has 0 radical (unpaired) electrons. The fraction of sp³-hybridized carbons (Fsp3) is 0.417. The van der Waals surface area contributed by atoms with Crippen LogP contribution in [0.5, 0.6) is 0 Å². The van der Waals surface area contributed by atoms with E-state index in [0.29, 0.717) is 17.6 Å². The van der Waals surface area contributed by atoms with Gasteiger partial charge in [0.1, 0.15) is 11.7 Å². The minimum absolute atomic E-state index is 0.0541. The van der Waals surface area contributed by atoms with Crippen molar-refractivity contribution in [1.29, 1.82) is 0 Å². The van der Waals surface area contributed by atoms with E-state index in [2.05, 4.69) is 20.9 Å². The monoisotopic (exact) mass is 363 g/mol. The van der Waals surface area contributed by atoms with Crippen LogP contribution in [0.1, 0.15) is 10.4 Å². The minimum Gasteiger partial charge on any atom is -0.480 e. The van der Waals surface area contributed by atoms with Crippen molar-refractivity contribution in [1.82, 2.24) is 14.8 Å². The summed E-state index contributed by atoms with van der Waals surface area (Å²) in [7, 11) is 3.69. The summed E-state index contributed by atoms with van der Waals surface area (Å²) in [6, 6.07) is 1.53. The van der Waals surface area contributed by atoms with Gasteiger partial charge < -0.3 is 14.9 Å². The lowest BCUT2D eigenvalue weighted by Gasteiger charge is -2.23. The fourth-order valence-electron chi connectivity index (χ4n) is 1.48. The molecule has 6 nitrogen and oxygen atoms in total. The van der Waals surface area contributed by atoms with Crippen LogP contribution in [0.25, 0.3) is 0 Å². The van der Waals surface area contributed by atoms with Crippen LogP contribution in [0.4, 0.5) is 0 Å². The Morgan fingerprint density at radius 1 is 1.40 bits per heavy atom. The second kappa shape index (κ2) is 7.56. The summed E-state index contributed by atoms with van der Waals surface area (Å²) in [6.45, 7) is 0.467. The Bertz CT molecular complexity index is 511. The lowest BCUT2D eigenvalue weighted by Crippen LogP contribution is -2.40. The first-order valence-electron chi connectivity index (χ1n) is 5.78. The van der Waals surface area contributed by atoms with Crippen LogP contribution in [0.3, 0.4) is 0 Å². The number of hydrogen-bond acceptors (Lipinski definition) is 4. The summed E-state index contributed by atoms with van der Waals surface area (Å²) in [5.74, 6) is -1.52. The van der Waals surface area contributed by atoms with Gasteiger partial charge in [0.15, 0.2) is 0 Å². The van der Waals surface area contributed by atoms with E-state index in [1.807, 2.05) is 19.0 Å². The van der Waals surface area contributed by atoms with Gasteiger partial charge in [-0.1, -0.05) is 11.6 Å². The Kier molecular flexibility index (Phi) is 6.38. The molecule has 0 saturated heterocycles. The van der Waals surface area contributed by atoms with E-state index in [4.69, 9.17) is 16.7 Å². The van der Waals surface area contributed by atoms with Crippen LogP contribution < -0.4 is 0 Å². The Labute approximate surface area is 130 Å². The molecule has 1 aromatic rings. The molecule has 0 atom stereocenters.